The minimum absolute atomic E-state index is 0.200. The molecule has 0 radical (unpaired) electrons. The van der Waals surface area contributed by atoms with Crippen molar-refractivity contribution in [3.63, 3.8) is 0 Å². The Morgan fingerprint density at radius 3 is 2.76 bits per heavy atom. The fraction of sp³-hybridized carbons (Fsp3) is 0.250. The number of hydrogen-bond acceptors (Lipinski definition) is 4. The lowest BCUT2D eigenvalue weighted by atomic mass is 10.1. The average molecular weight is 232 g/mol. The quantitative estimate of drug-likeness (QED) is 0.815. The molecular weight excluding hydrogens is 220 g/mol. The van der Waals surface area contributed by atoms with Crippen LogP contribution in [0.15, 0.2) is 18.2 Å². The monoisotopic (exact) mass is 232 g/mol. The van der Waals surface area contributed by atoms with E-state index >= 15 is 0 Å². The number of hydrogen-bond donors (Lipinski definition) is 1. The summed E-state index contributed by atoms with van der Waals surface area (Å²) in [6.07, 6.45) is 0. The Bertz CT molecular complexity index is 590. The topological polar surface area (TPSA) is 56.5 Å². The first-order valence-electron chi connectivity index (χ1n) is 5.29. The van der Waals surface area contributed by atoms with Gasteiger partial charge in [-0.1, -0.05) is 0 Å². The fourth-order valence-electron chi connectivity index (χ4n) is 1.84. The van der Waals surface area contributed by atoms with Crippen molar-refractivity contribution in [2.24, 2.45) is 7.05 Å². The molecule has 0 aliphatic carbocycles. The van der Waals surface area contributed by atoms with Gasteiger partial charge in [0, 0.05) is 12.6 Å². The number of fused-ring (bicyclic) bond motifs is 1. The van der Waals surface area contributed by atoms with Crippen LogP contribution in [0.3, 0.4) is 0 Å². The molecule has 2 heterocycles. The molecule has 0 atom stereocenters. The molecule has 1 aromatic heterocycles. The van der Waals surface area contributed by atoms with Crippen LogP contribution in [0, 0.1) is 6.92 Å². The second-order valence-corrected chi connectivity index (χ2v) is 3.97. The largest absolute Gasteiger partial charge is 0.504 e. The molecule has 3 rings (SSSR count). The summed E-state index contributed by atoms with van der Waals surface area (Å²) >= 11 is 0. The van der Waals surface area contributed by atoms with Gasteiger partial charge in [-0.05, 0) is 25.1 Å². The number of benzene rings is 1. The third-order valence-electron chi connectivity index (χ3n) is 2.95. The number of ether oxygens (including phenoxy) is 2. The highest BCUT2D eigenvalue weighted by Crippen LogP contribution is 2.38. The molecule has 0 unspecified atom stereocenters. The van der Waals surface area contributed by atoms with E-state index in [1.807, 2.05) is 25.1 Å². The Labute approximate surface area is 98.2 Å². The standard InChI is InChI=1S/C12H12N2O3/c1-7-12(15)11(13-14(7)2)8-3-4-9-10(5-8)17-6-16-9/h3-5,15H,6H2,1-2H3. The van der Waals surface area contributed by atoms with E-state index in [2.05, 4.69) is 5.10 Å². The molecule has 0 saturated carbocycles. The number of nitrogens with zero attached hydrogens (tertiary/aromatic N) is 2. The van der Waals surface area contributed by atoms with Crippen molar-refractivity contribution in [1.82, 2.24) is 9.78 Å². The minimum atomic E-state index is 0.200. The average Bonchev–Trinajstić information content (AvgIpc) is 2.89. The molecule has 0 bridgehead atoms. The third-order valence-corrected chi connectivity index (χ3v) is 2.95. The highest BCUT2D eigenvalue weighted by atomic mass is 16.7. The zero-order valence-electron chi connectivity index (χ0n) is 9.60. The van der Waals surface area contributed by atoms with E-state index in [-0.39, 0.29) is 12.5 Å². The Morgan fingerprint density at radius 1 is 1.29 bits per heavy atom. The molecule has 88 valence electrons. The van der Waals surface area contributed by atoms with Crippen molar-refractivity contribution in [1.29, 1.82) is 0 Å². The molecule has 0 amide bonds. The summed E-state index contributed by atoms with van der Waals surface area (Å²) < 4.78 is 12.2. The van der Waals surface area contributed by atoms with E-state index in [9.17, 15) is 5.11 Å². The van der Waals surface area contributed by atoms with Gasteiger partial charge in [-0.2, -0.15) is 5.10 Å². The maximum atomic E-state index is 9.96. The first kappa shape index (κ1) is 10.0. The number of aromatic hydroxyl groups is 1. The predicted octanol–water partition coefficient (Wildman–Crippen LogP) is 1.83. The third kappa shape index (κ3) is 1.43. The number of rotatable bonds is 1. The van der Waals surface area contributed by atoms with Crippen molar-refractivity contribution in [3.05, 3.63) is 23.9 Å². The predicted molar refractivity (Wildman–Crippen MR) is 61.2 cm³/mol. The summed E-state index contributed by atoms with van der Waals surface area (Å²) in [7, 11) is 1.80. The molecule has 1 N–H and O–H groups in total. The van der Waals surface area contributed by atoms with Gasteiger partial charge in [0.25, 0.3) is 0 Å². The molecule has 5 heteroatoms. The van der Waals surface area contributed by atoms with Crippen LogP contribution in [0.5, 0.6) is 17.2 Å². The van der Waals surface area contributed by atoms with E-state index in [1.165, 1.54) is 0 Å². The molecule has 17 heavy (non-hydrogen) atoms. The molecule has 1 aliphatic rings. The van der Waals surface area contributed by atoms with Crippen LogP contribution in [0.2, 0.25) is 0 Å². The summed E-state index contributed by atoms with van der Waals surface area (Å²) in [6.45, 7) is 2.06. The molecule has 1 aliphatic heterocycles. The van der Waals surface area contributed by atoms with E-state index in [1.54, 1.807) is 11.7 Å². The van der Waals surface area contributed by atoms with Gasteiger partial charge in [0.2, 0.25) is 6.79 Å². The van der Waals surface area contributed by atoms with E-state index in [4.69, 9.17) is 9.47 Å². The van der Waals surface area contributed by atoms with Crippen LogP contribution in [0.4, 0.5) is 0 Å². The SMILES string of the molecule is Cc1c(O)c(-c2ccc3c(c2)OCO3)nn1C. The second-order valence-electron chi connectivity index (χ2n) is 3.97. The summed E-state index contributed by atoms with van der Waals surface area (Å²) in [5, 5.41) is 14.2. The Balaban J connectivity index is 2.12. The summed E-state index contributed by atoms with van der Waals surface area (Å²) in [5.41, 5.74) is 2.11. The van der Waals surface area contributed by atoms with Gasteiger partial charge in [0.05, 0.1) is 5.69 Å². The van der Waals surface area contributed by atoms with Crippen LogP contribution in [0.1, 0.15) is 5.69 Å². The Morgan fingerprint density at radius 2 is 2.06 bits per heavy atom. The number of aryl methyl sites for hydroxylation is 1. The van der Waals surface area contributed by atoms with E-state index in [0.717, 1.165) is 17.0 Å². The second kappa shape index (κ2) is 3.41. The lowest BCUT2D eigenvalue weighted by molar-refractivity contribution is 0.174. The summed E-state index contributed by atoms with van der Waals surface area (Å²) in [5.74, 6) is 1.61. The van der Waals surface area contributed by atoms with Crippen LogP contribution >= 0.6 is 0 Å². The van der Waals surface area contributed by atoms with E-state index in [0.29, 0.717) is 11.4 Å². The molecule has 2 aromatic rings. The van der Waals surface area contributed by atoms with Crippen molar-refractivity contribution in [2.45, 2.75) is 6.92 Å². The highest BCUT2D eigenvalue weighted by Gasteiger charge is 2.18. The Kier molecular flexibility index (Phi) is 2.01. The lowest BCUT2D eigenvalue weighted by Gasteiger charge is -2.00. The van der Waals surface area contributed by atoms with Crippen LogP contribution in [-0.4, -0.2) is 21.7 Å². The summed E-state index contributed by atoms with van der Waals surface area (Å²) in [4.78, 5) is 0. The molecule has 0 fully saturated rings. The van der Waals surface area contributed by atoms with Gasteiger partial charge in [-0.15, -0.1) is 0 Å². The number of aromatic nitrogens is 2. The zero-order chi connectivity index (χ0) is 12.0. The molecular formula is C12H12N2O3. The molecule has 5 nitrogen and oxygen atoms in total. The highest BCUT2D eigenvalue weighted by molar-refractivity contribution is 5.70. The summed E-state index contributed by atoms with van der Waals surface area (Å²) in [6, 6.07) is 5.50. The molecule has 0 spiro atoms. The van der Waals surface area contributed by atoms with Gasteiger partial charge in [-0.3, -0.25) is 4.68 Å². The van der Waals surface area contributed by atoms with Crippen LogP contribution < -0.4 is 9.47 Å². The first-order valence-corrected chi connectivity index (χ1v) is 5.29. The van der Waals surface area contributed by atoms with Crippen molar-refractivity contribution in [2.75, 3.05) is 6.79 Å². The molecule has 0 saturated heterocycles. The normalized spacial score (nSPS) is 13.1. The van der Waals surface area contributed by atoms with Crippen molar-refractivity contribution >= 4 is 0 Å². The van der Waals surface area contributed by atoms with Crippen LogP contribution in [-0.2, 0) is 7.05 Å². The smallest absolute Gasteiger partial charge is 0.231 e. The van der Waals surface area contributed by atoms with Gasteiger partial charge >= 0.3 is 0 Å². The zero-order valence-corrected chi connectivity index (χ0v) is 9.60. The van der Waals surface area contributed by atoms with E-state index < -0.39 is 0 Å². The maximum absolute atomic E-state index is 9.96. The lowest BCUT2D eigenvalue weighted by Crippen LogP contribution is -1.93. The van der Waals surface area contributed by atoms with Crippen LogP contribution in [0.25, 0.3) is 11.3 Å². The minimum Gasteiger partial charge on any atom is -0.504 e. The van der Waals surface area contributed by atoms with Crippen molar-refractivity contribution < 1.29 is 14.6 Å². The first-order chi connectivity index (χ1) is 8.16. The van der Waals surface area contributed by atoms with Gasteiger partial charge < -0.3 is 14.6 Å². The maximum Gasteiger partial charge on any atom is 0.231 e. The van der Waals surface area contributed by atoms with Crippen molar-refractivity contribution in [3.8, 4) is 28.5 Å². The molecule has 1 aromatic carbocycles. The Hall–Kier alpha value is -2.17. The van der Waals surface area contributed by atoms with Gasteiger partial charge in [-0.25, -0.2) is 0 Å². The van der Waals surface area contributed by atoms with Gasteiger partial charge in [0.1, 0.15) is 5.69 Å². The van der Waals surface area contributed by atoms with Gasteiger partial charge in [0.15, 0.2) is 17.2 Å². The fourth-order valence-corrected chi connectivity index (χ4v) is 1.84.